The molecular formula is C14H12Cl3N3O. The minimum atomic E-state index is -0.266. The second-order valence-electron chi connectivity index (χ2n) is 4.48. The number of amides is 1. The van der Waals surface area contributed by atoms with Crippen LogP contribution in [0.2, 0.25) is 15.2 Å². The molecule has 1 aromatic heterocycles. The summed E-state index contributed by atoms with van der Waals surface area (Å²) < 4.78 is 0. The molecule has 0 fully saturated rings. The SMILES string of the molecule is CC(c1ccc(Cl)cc1Cl)N(C)C(=O)c1cnc(Cl)cn1. The van der Waals surface area contributed by atoms with Crippen LogP contribution in [0.3, 0.4) is 0 Å². The Labute approximate surface area is 137 Å². The summed E-state index contributed by atoms with van der Waals surface area (Å²) in [7, 11) is 1.67. The number of carbonyl (C=O) groups excluding carboxylic acids is 1. The molecule has 0 saturated heterocycles. The van der Waals surface area contributed by atoms with Gasteiger partial charge in [0.1, 0.15) is 10.8 Å². The quantitative estimate of drug-likeness (QED) is 0.835. The lowest BCUT2D eigenvalue weighted by molar-refractivity contribution is 0.0736. The van der Waals surface area contributed by atoms with Crippen LogP contribution in [-0.2, 0) is 0 Å². The van der Waals surface area contributed by atoms with Gasteiger partial charge >= 0.3 is 0 Å². The standard InChI is InChI=1S/C14H12Cl3N3O/c1-8(10-4-3-9(15)5-11(10)16)20(2)14(21)12-6-19-13(17)7-18-12/h3-8H,1-2H3. The minimum Gasteiger partial charge on any atom is -0.334 e. The predicted octanol–water partition coefficient (Wildman–Crippen LogP) is 4.27. The maximum absolute atomic E-state index is 12.4. The van der Waals surface area contributed by atoms with Crippen LogP contribution in [0.4, 0.5) is 0 Å². The van der Waals surface area contributed by atoms with Gasteiger partial charge < -0.3 is 4.90 Å². The molecule has 0 aliphatic carbocycles. The van der Waals surface area contributed by atoms with Crippen molar-refractivity contribution in [3.05, 3.63) is 57.0 Å². The summed E-state index contributed by atoms with van der Waals surface area (Å²) in [5, 5.41) is 1.30. The molecule has 0 radical (unpaired) electrons. The highest BCUT2D eigenvalue weighted by atomic mass is 35.5. The Bertz CT molecular complexity index is 661. The summed E-state index contributed by atoms with van der Waals surface area (Å²) in [5.41, 5.74) is 1.03. The van der Waals surface area contributed by atoms with Crippen molar-refractivity contribution < 1.29 is 4.79 Å². The number of aromatic nitrogens is 2. The Balaban J connectivity index is 2.24. The second kappa shape index (κ2) is 6.60. The molecule has 1 atom stereocenters. The summed E-state index contributed by atoms with van der Waals surface area (Å²) in [6, 6.07) is 4.95. The third-order valence-corrected chi connectivity index (χ3v) is 3.91. The molecule has 2 aromatic rings. The minimum absolute atomic E-state index is 0.221. The molecular weight excluding hydrogens is 333 g/mol. The molecule has 0 bridgehead atoms. The fraction of sp³-hybridized carbons (Fsp3) is 0.214. The monoisotopic (exact) mass is 343 g/mol. The van der Waals surface area contributed by atoms with Crippen LogP contribution < -0.4 is 0 Å². The summed E-state index contributed by atoms with van der Waals surface area (Å²) >= 11 is 17.7. The zero-order valence-corrected chi connectivity index (χ0v) is 13.6. The van der Waals surface area contributed by atoms with Gasteiger partial charge in [0.15, 0.2) is 0 Å². The maximum atomic E-state index is 12.4. The first kappa shape index (κ1) is 16.0. The van der Waals surface area contributed by atoms with Crippen LogP contribution in [0.5, 0.6) is 0 Å². The molecule has 0 spiro atoms. The molecule has 0 aliphatic heterocycles. The summed E-state index contributed by atoms with van der Waals surface area (Å²) in [6.45, 7) is 1.87. The van der Waals surface area contributed by atoms with E-state index in [1.165, 1.54) is 17.3 Å². The number of nitrogens with zero attached hydrogens (tertiary/aromatic N) is 3. The molecule has 1 unspecified atom stereocenters. The third kappa shape index (κ3) is 3.64. The number of hydrogen-bond donors (Lipinski definition) is 0. The van der Waals surface area contributed by atoms with E-state index in [-0.39, 0.29) is 22.8 Å². The fourth-order valence-corrected chi connectivity index (χ4v) is 2.49. The number of benzene rings is 1. The topological polar surface area (TPSA) is 46.1 Å². The molecule has 1 heterocycles. The van der Waals surface area contributed by atoms with Crippen molar-refractivity contribution in [2.45, 2.75) is 13.0 Å². The molecule has 7 heteroatoms. The van der Waals surface area contributed by atoms with Gasteiger partial charge in [0.05, 0.1) is 18.4 Å². The molecule has 2 rings (SSSR count). The Morgan fingerprint density at radius 1 is 1.19 bits per heavy atom. The summed E-state index contributed by atoms with van der Waals surface area (Å²) in [6.07, 6.45) is 2.68. The highest BCUT2D eigenvalue weighted by Gasteiger charge is 2.22. The zero-order chi connectivity index (χ0) is 15.6. The molecule has 0 saturated carbocycles. The van der Waals surface area contributed by atoms with Gasteiger partial charge in [0.25, 0.3) is 5.91 Å². The highest BCUT2D eigenvalue weighted by Crippen LogP contribution is 2.29. The van der Waals surface area contributed by atoms with Crippen LogP contribution in [0.1, 0.15) is 29.0 Å². The molecule has 1 amide bonds. The van der Waals surface area contributed by atoms with E-state index in [0.717, 1.165) is 5.56 Å². The van der Waals surface area contributed by atoms with Crippen LogP contribution in [0.15, 0.2) is 30.6 Å². The average molecular weight is 345 g/mol. The molecule has 0 N–H and O–H groups in total. The second-order valence-corrected chi connectivity index (χ2v) is 5.71. The largest absolute Gasteiger partial charge is 0.334 e. The van der Waals surface area contributed by atoms with Crippen LogP contribution in [-0.4, -0.2) is 27.8 Å². The summed E-state index contributed by atoms with van der Waals surface area (Å²) in [4.78, 5) is 21.7. The van der Waals surface area contributed by atoms with E-state index in [0.29, 0.717) is 10.0 Å². The van der Waals surface area contributed by atoms with Crippen molar-refractivity contribution in [2.24, 2.45) is 0 Å². The number of rotatable bonds is 3. The van der Waals surface area contributed by atoms with E-state index in [2.05, 4.69) is 9.97 Å². The summed E-state index contributed by atoms with van der Waals surface area (Å²) in [5.74, 6) is -0.266. The first-order valence-electron chi connectivity index (χ1n) is 6.10. The highest BCUT2D eigenvalue weighted by molar-refractivity contribution is 6.35. The lowest BCUT2D eigenvalue weighted by Crippen LogP contribution is -2.30. The lowest BCUT2D eigenvalue weighted by Gasteiger charge is -2.25. The van der Waals surface area contributed by atoms with Gasteiger partial charge in [-0.1, -0.05) is 40.9 Å². The Morgan fingerprint density at radius 2 is 1.90 bits per heavy atom. The van der Waals surface area contributed by atoms with Gasteiger partial charge in [-0.15, -0.1) is 0 Å². The van der Waals surface area contributed by atoms with Gasteiger partial charge in [-0.2, -0.15) is 0 Å². The first-order chi connectivity index (χ1) is 9.90. The smallest absolute Gasteiger partial charge is 0.274 e. The van der Waals surface area contributed by atoms with E-state index in [1.54, 1.807) is 25.2 Å². The van der Waals surface area contributed by atoms with Gasteiger partial charge in [-0.05, 0) is 24.6 Å². The van der Waals surface area contributed by atoms with Crippen LogP contribution >= 0.6 is 34.8 Å². The van der Waals surface area contributed by atoms with Gasteiger partial charge in [0.2, 0.25) is 0 Å². The molecule has 0 aliphatic rings. The Kier molecular flexibility index (Phi) is 5.04. The van der Waals surface area contributed by atoms with E-state index in [1.807, 2.05) is 6.92 Å². The molecule has 1 aromatic carbocycles. The van der Waals surface area contributed by atoms with Crippen LogP contribution in [0, 0.1) is 0 Å². The van der Waals surface area contributed by atoms with Crippen molar-refractivity contribution in [1.29, 1.82) is 0 Å². The fourth-order valence-electron chi connectivity index (χ4n) is 1.83. The maximum Gasteiger partial charge on any atom is 0.274 e. The average Bonchev–Trinajstić information content (AvgIpc) is 2.46. The van der Waals surface area contributed by atoms with E-state index >= 15 is 0 Å². The van der Waals surface area contributed by atoms with Crippen molar-refractivity contribution in [2.75, 3.05) is 7.05 Å². The van der Waals surface area contributed by atoms with Gasteiger partial charge in [-0.25, -0.2) is 9.97 Å². The van der Waals surface area contributed by atoms with Crippen molar-refractivity contribution in [1.82, 2.24) is 14.9 Å². The van der Waals surface area contributed by atoms with Crippen LogP contribution in [0.25, 0.3) is 0 Å². The molecule has 21 heavy (non-hydrogen) atoms. The van der Waals surface area contributed by atoms with E-state index < -0.39 is 0 Å². The van der Waals surface area contributed by atoms with E-state index in [9.17, 15) is 4.79 Å². The predicted molar refractivity (Wildman–Crippen MR) is 84.0 cm³/mol. The molecule has 110 valence electrons. The lowest BCUT2D eigenvalue weighted by atomic mass is 10.1. The molecule has 4 nitrogen and oxygen atoms in total. The number of carbonyl (C=O) groups is 1. The van der Waals surface area contributed by atoms with Gasteiger partial charge in [0, 0.05) is 17.1 Å². The number of halogens is 3. The normalized spacial score (nSPS) is 12.0. The Morgan fingerprint density at radius 3 is 2.48 bits per heavy atom. The van der Waals surface area contributed by atoms with Crippen molar-refractivity contribution in [3.63, 3.8) is 0 Å². The van der Waals surface area contributed by atoms with Crippen molar-refractivity contribution in [3.8, 4) is 0 Å². The Hall–Kier alpha value is -1.36. The van der Waals surface area contributed by atoms with Gasteiger partial charge in [-0.3, -0.25) is 4.79 Å². The third-order valence-electron chi connectivity index (χ3n) is 3.15. The van der Waals surface area contributed by atoms with Crippen molar-refractivity contribution >= 4 is 40.7 Å². The van der Waals surface area contributed by atoms with E-state index in [4.69, 9.17) is 34.8 Å². The first-order valence-corrected chi connectivity index (χ1v) is 7.23. The zero-order valence-electron chi connectivity index (χ0n) is 11.3. The number of hydrogen-bond acceptors (Lipinski definition) is 3.